The summed E-state index contributed by atoms with van der Waals surface area (Å²) in [6.45, 7) is 3.31. The van der Waals surface area contributed by atoms with E-state index in [-0.39, 0.29) is 5.92 Å². The highest BCUT2D eigenvalue weighted by atomic mass is 16.5. The van der Waals surface area contributed by atoms with Crippen molar-refractivity contribution in [3.8, 4) is 0 Å². The van der Waals surface area contributed by atoms with Gasteiger partial charge in [-0.25, -0.2) is 0 Å². The monoisotopic (exact) mass is 509 g/mol. The van der Waals surface area contributed by atoms with Crippen LogP contribution in [0.25, 0.3) is 10.8 Å². The lowest BCUT2D eigenvalue weighted by molar-refractivity contribution is 0.00396. The summed E-state index contributed by atoms with van der Waals surface area (Å²) in [6, 6.07) is 25.0. The average Bonchev–Trinajstić information content (AvgIpc) is 2.97. The summed E-state index contributed by atoms with van der Waals surface area (Å²) < 4.78 is 5.96. The largest absolute Gasteiger partial charge is 0.482 e. The van der Waals surface area contributed by atoms with E-state index in [0.717, 1.165) is 59.4 Å². The summed E-state index contributed by atoms with van der Waals surface area (Å²) in [5.74, 6) is 0.371. The fraction of sp³-hybridized carbons (Fsp3) is 0.333. The maximum atomic E-state index is 13.1. The Kier molecular flexibility index (Phi) is 7.98. The number of aliphatic hydroxyl groups is 1. The fourth-order valence-electron chi connectivity index (χ4n) is 5.90. The van der Waals surface area contributed by atoms with Crippen molar-refractivity contribution in [3.05, 3.63) is 119 Å². The van der Waals surface area contributed by atoms with Crippen LogP contribution in [-0.2, 0) is 10.3 Å². The number of hydrogen-bond donors (Lipinski definition) is 3. The van der Waals surface area contributed by atoms with E-state index in [4.69, 9.17) is 4.74 Å². The van der Waals surface area contributed by atoms with Crippen LogP contribution in [-0.4, -0.2) is 57.4 Å². The van der Waals surface area contributed by atoms with Gasteiger partial charge >= 0.3 is 0 Å². The summed E-state index contributed by atoms with van der Waals surface area (Å²) in [5.41, 5.74) is 4.40. The minimum absolute atomic E-state index is 0.352. The van der Waals surface area contributed by atoms with Gasteiger partial charge in [-0.05, 0) is 72.6 Å². The molecule has 2 unspecified atom stereocenters. The third kappa shape index (κ3) is 5.28. The number of allylic oxidation sites excluding steroid dienone is 1. The SMILES string of the molecule is COC1=C(C(c2ccccc2)C(O)(CCN(C)C)c2cccc3ccccc23)C=C(C2=CCNCC2)CN1. The maximum absolute atomic E-state index is 13.1. The highest BCUT2D eigenvalue weighted by molar-refractivity contribution is 5.86. The maximum Gasteiger partial charge on any atom is 0.190 e. The molecule has 2 atom stereocenters. The molecule has 0 saturated heterocycles. The van der Waals surface area contributed by atoms with Crippen molar-refractivity contribution in [2.75, 3.05) is 47.4 Å². The first-order valence-corrected chi connectivity index (χ1v) is 13.5. The van der Waals surface area contributed by atoms with Crippen molar-refractivity contribution in [1.82, 2.24) is 15.5 Å². The zero-order valence-electron chi connectivity index (χ0n) is 22.7. The Bertz CT molecular complexity index is 1350. The van der Waals surface area contributed by atoms with Crippen molar-refractivity contribution >= 4 is 10.8 Å². The van der Waals surface area contributed by atoms with Crippen LogP contribution in [0.5, 0.6) is 0 Å². The third-order valence-electron chi connectivity index (χ3n) is 7.83. The first-order chi connectivity index (χ1) is 18.5. The summed E-state index contributed by atoms with van der Waals surface area (Å²) >= 11 is 0. The van der Waals surface area contributed by atoms with Gasteiger partial charge in [-0.2, -0.15) is 0 Å². The molecule has 2 heterocycles. The highest BCUT2D eigenvalue weighted by Crippen LogP contribution is 2.48. The van der Waals surface area contributed by atoms with E-state index in [2.05, 4.69) is 109 Å². The Morgan fingerprint density at radius 1 is 0.974 bits per heavy atom. The van der Waals surface area contributed by atoms with Crippen molar-refractivity contribution in [2.24, 2.45) is 0 Å². The molecular weight excluding hydrogens is 470 g/mol. The van der Waals surface area contributed by atoms with Gasteiger partial charge in [0, 0.05) is 31.1 Å². The van der Waals surface area contributed by atoms with Gasteiger partial charge in [-0.1, -0.05) is 78.9 Å². The molecule has 198 valence electrons. The predicted octanol–water partition coefficient (Wildman–Crippen LogP) is 5.07. The molecule has 5 rings (SSSR count). The Hall–Kier alpha value is -3.38. The minimum atomic E-state index is -1.20. The van der Waals surface area contributed by atoms with Crippen LogP contribution in [0.1, 0.15) is 29.9 Å². The average molecular weight is 510 g/mol. The first kappa shape index (κ1) is 26.2. The predicted molar refractivity (Wildman–Crippen MR) is 156 cm³/mol. The number of fused-ring (bicyclic) bond motifs is 1. The number of nitrogens with one attached hydrogen (secondary N) is 2. The van der Waals surface area contributed by atoms with Gasteiger partial charge in [0.1, 0.15) is 5.60 Å². The van der Waals surface area contributed by atoms with Gasteiger partial charge in [-0.15, -0.1) is 0 Å². The van der Waals surface area contributed by atoms with Gasteiger partial charge < -0.3 is 25.4 Å². The summed E-state index contributed by atoms with van der Waals surface area (Å²) in [4.78, 5) is 2.14. The third-order valence-corrected chi connectivity index (χ3v) is 7.83. The molecule has 0 bridgehead atoms. The molecule has 5 nitrogen and oxygen atoms in total. The first-order valence-electron chi connectivity index (χ1n) is 13.5. The quantitative estimate of drug-likeness (QED) is 0.376. The van der Waals surface area contributed by atoms with E-state index in [1.807, 2.05) is 6.07 Å². The van der Waals surface area contributed by atoms with E-state index in [1.165, 1.54) is 11.1 Å². The molecule has 3 aromatic rings. The molecule has 3 N–H and O–H groups in total. The van der Waals surface area contributed by atoms with Gasteiger partial charge in [-0.3, -0.25) is 0 Å². The number of methoxy groups -OCH3 is 1. The molecule has 0 radical (unpaired) electrons. The number of benzene rings is 3. The minimum Gasteiger partial charge on any atom is -0.482 e. The second kappa shape index (κ2) is 11.6. The molecule has 2 aliphatic rings. The van der Waals surface area contributed by atoms with Crippen LogP contribution in [0.3, 0.4) is 0 Å². The van der Waals surface area contributed by atoms with E-state index >= 15 is 0 Å². The second-order valence-electron chi connectivity index (χ2n) is 10.5. The number of ether oxygens (including phenoxy) is 1. The topological polar surface area (TPSA) is 56.8 Å². The van der Waals surface area contributed by atoms with Crippen LogP contribution in [0.4, 0.5) is 0 Å². The van der Waals surface area contributed by atoms with Gasteiger partial charge in [0.2, 0.25) is 0 Å². The van der Waals surface area contributed by atoms with Gasteiger partial charge in [0.05, 0.1) is 7.11 Å². The lowest BCUT2D eigenvalue weighted by Crippen LogP contribution is -2.40. The van der Waals surface area contributed by atoms with Crippen molar-refractivity contribution in [3.63, 3.8) is 0 Å². The molecule has 3 aromatic carbocycles. The Morgan fingerprint density at radius 3 is 2.47 bits per heavy atom. The molecule has 0 saturated carbocycles. The van der Waals surface area contributed by atoms with Gasteiger partial charge in [0.15, 0.2) is 5.88 Å². The fourth-order valence-corrected chi connectivity index (χ4v) is 5.90. The van der Waals surface area contributed by atoms with Crippen LogP contribution in [0.2, 0.25) is 0 Å². The molecule has 38 heavy (non-hydrogen) atoms. The molecule has 0 amide bonds. The lowest BCUT2D eigenvalue weighted by Gasteiger charge is -2.41. The summed E-state index contributed by atoms with van der Waals surface area (Å²) in [6.07, 6.45) is 6.11. The summed E-state index contributed by atoms with van der Waals surface area (Å²) in [7, 11) is 5.83. The lowest BCUT2D eigenvalue weighted by atomic mass is 9.69. The number of rotatable bonds is 9. The molecule has 0 aromatic heterocycles. The number of nitrogens with zero attached hydrogens (tertiary/aromatic N) is 1. The molecular formula is C33H39N3O2. The Morgan fingerprint density at radius 2 is 1.74 bits per heavy atom. The molecule has 5 heteroatoms. The molecule has 0 spiro atoms. The Balaban J connectivity index is 1.75. The molecule has 2 aliphatic heterocycles. The summed E-state index contributed by atoms with van der Waals surface area (Å²) in [5, 5.41) is 22.3. The molecule has 0 aliphatic carbocycles. The van der Waals surface area contributed by atoms with E-state index in [9.17, 15) is 5.11 Å². The van der Waals surface area contributed by atoms with Crippen LogP contribution < -0.4 is 10.6 Å². The van der Waals surface area contributed by atoms with E-state index in [0.29, 0.717) is 13.0 Å². The standard InChI is InChI=1S/C33H39N3O2/c1-36(2)21-18-33(37,30-15-9-13-25-10-7-8-14-28(25)30)31(26-11-5-4-6-12-26)29-22-27(23-35-32(29)38-3)24-16-19-34-20-17-24/h4-16,22,31,34-35,37H,17-21,23H2,1-3H3. The number of dihydropyridines is 1. The second-order valence-corrected chi connectivity index (χ2v) is 10.5. The van der Waals surface area contributed by atoms with Crippen molar-refractivity contribution < 1.29 is 9.84 Å². The smallest absolute Gasteiger partial charge is 0.190 e. The molecule has 0 fully saturated rings. The zero-order chi connectivity index (χ0) is 26.5. The number of hydrogen-bond acceptors (Lipinski definition) is 5. The Labute approximate surface area is 226 Å². The van der Waals surface area contributed by atoms with E-state index in [1.54, 1.807) is 7.11 Å². The van der Waals surface area contributed by atoms with Crippen molar-refractivity contribution in [2.45, 2.75) is 24.4 Å². The van der Waals surface area contributed by atoms with E-state index < -0.39 is 5.60 Å². The zero-order valence-corrected chi connectivity index (χ0v) is 22.7. The van der Waals surface area contributed by atoms with Gasteiger partial charge in [0.25, 0.3) is 0 Å². The van der Waals surface area contributed by atoms with Crippen LogP contribution in [0.15, 0.2) is 108 Å². The van der Waals surface area contributed by atoms with Crippen LogP contribution in [0, 0.1) is 0 Å². The normalized spacial score (nSPS) is 18.4. The van der Waals surface area contributed by atoms with Crippen LogP contribution >= 0.6 is 0 Å². The highest BCUT2D eigenvalue weighted by Gasteiger charge is 2.44. The van der Waals surface area contributed by atoms with Crippen molar-refractivity contribution in [1.29, 1.82) is 0 Å².